The second-order valence-corrected chi connectivity index (χ2v) is 6.88. The molecule has 0 spiro atoms. The molecule has 134 valence electrons. The fourth-order valence-electron chi connectivity index (χ4n) is 3.11. The maximum Gasteiger partial charge on any atom is 0.136 e. The van der Waals surface area contributed by atoms with Crippen molar-refractivity contribution in [3.8, 4) is 5.75 Å². The van der Waals surface area contributed by atoms with E-state index in [0.717, 1.165) is 42.0 Å². The van der Waals surface area contributed by atoms with Crippen molar-refractivity contribution in [1.82, 2.24) is 9.97 Å². The third kappa shape index (κ3) is 5.08. The summed E-state index contributed by atoms with van der Waals surface area (Å²) in [5.41, 5.74) is 0.996. The monoisotopic (exact) mass is 340 g/mol. The van der Waals surface area contributed by atoms with Crippen LogP contribution >= 0.6 is 0 Å². The molecule has 5 nitrogen and oxygen atoms in total. The predicted octanol–water partition coefficient (Wildman–Crippen LogP) is 4.70. The van der Waals surface area contributed by atoms with Gasteiger partial charge in [0.1, 0.15) is 23.2 Å². The molecule has 1 saturated heterocycles. The average molecular weight is 340 g/mol. The first kappa shape index (κ1) is 17.5. The van der Waals surface area contributed by atoms with Crippen molar-refractivity contribution in [1.29, 1.82) is 0 Å². The van der Waals surface area contributed by atoms with Gasteiger partial charge in [0.05, 0.1) is 6.10 Å². The van der Waals surface area contributed by atoms with Gasteiger partial charge in [-0.2, -0.15) is 0 Å². The summed E-state index contributed by atoms with van der Waals surface area (Å²) >= 11 is 0. The van der Waals surface area contributed by atoms with Gasteiger partial charge < -0.3 is 15.0 Å². The molecule has 25 heavy (non-hydrogen) atoms. The van der Waals surface area contributed by atoms with E-state index in [0.29, 0.717) is 0 Å². The summed E-state index contributed by atoms with van der Waals surface area (Å²) in [4.78, 5) is 11.6. The van der Waals surface area contributed by atoms with E-state index in [1.165, 1.54) is 25.7 Å². The van der Waals surface area contributed by atoms with E-state index in [1.54, 1.807) is 0 Å². The summed E-state index contributed by atoms with van der Waals surface area (Å²) in [5, 5.41) is 3.39. The van der Waals surface area contributed by atoms with Gasteiger partial charge in [-0.15, -0.1) is 0 Å². The Bertz CT molecular complexity index is 677. The zero-order valence-electron chi connectivity index (χ0n) is 15.5. The van der Waals surface area contributed by atoms with Crippen molar-refractivity contribution in [2.45, 2.75) is 52.6 Å². The molecule has 5 heteroatoms. The third-order valence-corrected chi connectivity index (χ3v) is 4.25. The topological polar surface area (TPSA) is 50.3 Å². The maximum atomic E-state index is 5.69. The smallest absolute Gasteiger partial charge is 0.136 e. The molecular weight excluding hydrogens is 312 g/mol. The number of hydrogen-bond acceptors (Lipinski definition) is 5. The molecule has 2 heterocycles. The number of nitrogens with one attached hydrogen (secondary N) is 1. The molecule has 1 aromatic heterocycles. The van der Waals surface area contributed by atoms with Gasteiger partial charge in [0.25, 0.3) is 0 Å². The highest BCUT2D eigenvalue weighted by atomic mass is 16.5. The van der Waals surface area contributed by atoms with Crippen molar-refractivity contribution in [3.63, 3.8) is 0 Å². The van der Waals surface area contributed by atoms with Crippen molar-refractivity contribution < 1.29 is 4.74 Å². The van der Waals surface area contributed by atoms with Crippen LogP contribution in [0.25, 0.3) is 0 Å². The van der Waals surface area contributed by atoms with Gasteiger partial charge in [-0.3, -0.25) is 0 Å². The standard InChI is InChI=1S/C20H28N4O/c1-15(2)25-18-10-8-17(9-11-18)23-19-14-20(22-16(3)21-19)24-12-6-4-5-7-13-24/h8-11,14-15H,4-7,12-13H2,1-3H3,(H,21,22,23). The highest BCUT2D eigenvalue weighted by Crippen LogP contribution is 2.24. The van der Waals surface area contributed by atoms with E-state index < -0.39 is 0 Å². The molecule has 2 aromatic rings. The van der Waals surface area contributed by atoms with Crippen LogP contribution in [0.5, 0.6) is 5.75 Å². The molecule has 3 rings (SSSR count). The zero-order valence-corrected chi connectivity index (χ0v) is 15.5. The molecule has 1 aromatic carbocycles. The Morgan fingerprint density at radius 2 is 1.68 bits per heavy atom. The summed E-state index contributed by atoms with van der Waals surface area (Å²) in [6.45, 7) is 8.17. The summed E-state index contributed by atoms with van der Waals surface area (Å²) < 4.78 is 5.69. The molecule has 0 aliphatic carbocycles. The van der Waals surface area contributed by atoms with Crippen molar-refractivity contribution in [2.24, 2.45) is 0 Å². The van der Waals surface area contributed by atoms with E-state index in [-0.39, 0.29) is 6.10 Å². The van der Waals surface area contributed by atoms with Crippen molar-refractivity contribution in [2.75, 3.05) is 23.3 Å². The first-order valence-electron chi connectivity index (χ1n) is 9.24. The van der Waals surface area contributed by atoms with Crippen LogP contribution in [0, 0.1) is 6.92 Å². The molecule has 0 unspecified atom stereocenters. The third-order valence-electron chi connectivity index (χ3n) is 4.25. The minimum Gasteiger partial charge on any atom is -0.491 e. The summed E-state index contributed by atoms with van der Waals surface area (Å²) in [7, 11) is 0. The fraction of sp³-hybridized carbons (Fsp3) is 0.500. The Morgan fingerprint density at radius 1 is 1.00 bits per heavy atom. The van der Waals surface area contributed by atoms with Crippen molar-refractivity contribution in [3.05, 3.63) is 36.2 Å². The Balaban J connectivity index is 1.73. The van der Waals surface area contributed by atoms with Crippen LogP contribution in [-0.2, 0) is 0 Å². The van der Waals surface area contributed by atoms with Crippen LogP contribution < -0.4 is 15.0 Å². The molecule has 1 aliphatic heterocycles. The minimum absolute atomic E-state index is 0.180. The number of benzene rings is 1. The molecule has 1 N–H and O–H groups in total. The normalized spacial score (nSPS) is 15.1. The number of aromatic nitrogens is 2. The molecule has 1 fully saturated rings. The second kappa shape index (κ2) is 8.19. The quantitative estimate of drug-likeness (QED) is 0.855. The summed E-state index contributed by atoms with van der Waals surface area (Å²) in [6.07, 6.45) is 5.29. The van der Waals surface area contributed by atoms with Crippen LogP contribution in [0.4, 0.5) is 17.3 Å². The molecule has 1 aliphatic rings. The van der Waals surface area contributed by atoms with Gasteiger partial charge in [-0.1, -0.05) is 12.8 Å². The van der Waals surface area contributed by atoms with E-state index in [2.05, 4.69) is 26.3 Å². The number of aryl methyl sites for hydroxylation is 1. The van der Waals surface area contributed by atoms with Crippen LogP contribution in [0.3, 0.4) is 0 Å². The van der Waals surface area contributed by atoms with Crippen molar-refractivity contribution >= 4 is 17.3 Å². The lowest BCUT2D eigenvalue weighted by molar-refractivity contribution is 0.242. The van der Waals surface area contributed by atoms with E-state index in [1.807, 2.05) is 45.0 Å². The number of ether oxygens (including phenoxy) is 1. The Labute approximate surface area is 150 Å². The van der Waals surface area contributed by atoms with Gasteiger partial charge in [-0.25, -0.2) is 9.97 Å². The molecule has 0 bridgehead atoms. The van der Waals surface area contributed by atoms with Crippen LogP contribution in [0.2, 0.25) is 0 Å². The fourth-order valence-corrected chi connectivity index (χ4v) is 3.11. The molecule has 0 radical (unpaired) electrons. The lowest BCUT2D eigenvalue weighted by Crippen LogP contribution is -2.25. The highest BCUT2D eigenvalue weighted by Gasteiger charge is 2.13. The van der Waals surface area contributed by atoms with Crippen LogP contribution in [0.1, 0.15) is 45.4 Å². The summed E-state index contributed by atoms with van der Waals surface area (Å²) in [5.74, 6) is 3.54. The number of rotatable bonds is 5. The lowest BCUT2D eigenvalue weighted by atomic mass is 10.2. The first-order valence-corrected chi connectivity index (χ1v) is 9.24. The number of nitrogens with zero attached hydrogens (tertiary/aromatic N) is 3. The SMILES string of the molecule is Cc1nc(Nc2ccc(OC(C)C)cc2)cc(N2CCCCCC2)n1. The molecule has 0 saturated carbocycles. The van der Waals surface area contributed by atoms with Crippen LogP contribution in [-0.4, -0.2) is 29.2 Å². The Morgan fingerprint density at radius 3 is 2.32 bits per heavy atom. The Kier molecular flexibility index (Phi) is 5.74. The van der Waals surface area contributed by atoms with Crippen LogP contribution in [0.15, 0.2) is 30.3 Å². The van der Waals surface area contributed by atoms with E-state index in [4.69, 9.17) is 4.74 Å². The zero-order chi connectivity index (χ0) is 17.6. The largest absolute Gasteiger partial charge is 0.491 e. The maximum absolute atomic E-state index is 5.69. The summed E-state index contributed by atoms with van der Waals surface area (Å²) in [6, 6.07) is 10.0. The van der Waals surface area contributed by atoms with Gasteiger partial charge in [0.15, 0.2) is 0 Å². The van der Waals surface area contributed by atoms with Gasteiger partial charge >= 0.3 is 0 Å². The van der Waals surface area contributed by atoms with Gasteiger partial charge in [0.2, 0.25) is 0 Å². The highest BCUT2D eigenvalue weighted by molar-refractivity contribution is 5.60. The molecule has 0 amide bonds. The number of anilines is 3. The van der Waals surface area contributed by atoms with Gasteiger partial charge in [0, 0.05) is 24.8 Å². The Hall–Kier alpha value is -2.30. The molecular formula is C20H28N4O. The predicted molar refractivity (Wildman–Crippen MR) is 103 cm³/mol. The van der Waals surface area contributed by atoms with E-state index >= 15 is 0 Å². The van der Waals surface area contributed by atoms with Gasteiger partial charge in [-0.05, 0) is 57.9 Å². The first-order chi connectivity index (χ1) is 12.1. The lowest BCUT2D eigenvalue weighted by Gasteiger charge is -2.22. The minimum atomic E-state index is 0.180. The number of hydrogen-bond donors (Lipinski definition) is 1. The van der Waals surface area contributed by atoms with E-state index in [9.17, 15) is 0 Å². The average Bonchev–Trinajstić information content (AvgIpc) is 2.85. The second-order valence-electron chi connectivity index (χ2n) is 6.88. The molecule has 0 atom stereocenters.